The lowest BCUT2D eigenvalue weighted by Gasteiger charge is -2.23. The molecule has 0 radical (unpaired) electrons. The van der Waals surface area contributed by atoms with Crippen LogP contribution in [-0.4, -0.2) is 22.8 Å². The molecule has 2 aromatic rings. The third-order valence-corrected chi connectivity index (χ3v) is 6.78. The van der Waals surface area contributed by atoms with E-state index in [4.69, 9.17) is 16.1 Å². The Morgan fingerprint density at radius 2 is 2.11 bits per heavy atom. The fourth-order valence-corrected chi connectivity index (χ4v) is 5.44. The van der Waals surface area contributed by atoms with Crippen LogP contribution in [0.5, 0.6) is 0 Å². The second-order valence-corrected chi connectivity index (χ2v) is 9.24. The Bertz CT molecular complexity index is 869. The molecule has 1 aromatic carbocycles. The number of rotatable bonds is 8. The van der Waals surface area contributed by atoms with Gasteiger partial charge in [-0.3, -0.25) is 4.57 Å². The Morgan fingerprint density at radius 1 is 1.39 bits per heavy atom. The highest BCUT2D eigenvalue weighted by molar-refractivity contribution is 7.56. The first-order valence-electron chi connectivity index (χ1n) is 8.91. The zero-order valence-corrected chi connectivity index (χ0v) is 16.8. The van der Waals surface area contributed by atoms with Gasteiger partial charge in [-0.25, -0.2) is 9.48 Å². The van der Waals surface area contributed by atoms with Gasteiger partial charge in [-0.1, -0.05) is 30.1 Å². The molecular formula is C17H20ClF3N3O3P. The summed E-state index contributed by atoms with van der Waals surface area (Å²) in [5, 5.41) is 2.65. The standard InChI is InChI=1S/C17H20ClF3N3O3P/c1-2-26-28(25,24-13-5-3-4-6-13)10-12-8-7-11(9-14(12)19)15-22-16(27-23-15)17(18,20)21/h7-9,13H,2-6,10H2,1H3,(H,24,25). The molecule has 1 heterocycles. The Labute approximate surface area is 165 Å². The van der Waals surface area contributed by atoms with Crippen LogP contribution in [-0.2, 0) is 20.6 Å². The molecule has 0 saturated heterocycles. The SMILES string of the molecule is CCOP(=O)(Cc1ccc(-c2noc(C(F)(F)Cl)n2)cc1F)NC1CCCC1. The van der Waals surface area contributed by atoms with Gasteiger partial charge in [0.1, 0.15) is 5.82 Å². The maximum absolute atomic E-state index is 14.6. The largest absolute Gasteiger partial charge is 0.400 e. The third-order valence-electron chi connectivity index (χ3n) is 4.43. The van der Waals surface area contributed by atoms with Gasteiger partial charge in [-0.15, -0.1) is 0 Å². The molecule has 3 rings (SSSR count). The van der Waals surface area contributed by atoms with Crippen LogP contribution < -0.4 is 5.09 Å². The van der Waals surface area contributed by atoms with Crippen molar-refractivity contribution in [1.29, 1.82) is 0 Å². The van der Waals surface area contributed by atoms with Gasteiger partial charge >= 0.3 is 11.3 Å². The number of alkyl halides is 3. The summed E-state index contributed by atoms with van der Waals surface area (Å²) in [6.45, 7) is 1.96. The van der Waals surface area contributed by atoms with Gasteiger partial charge in [0.25, 0.3) is 7.52 Å². The molecule has 0 spiro atoms. The summed E-state index contributed by atoms with van der Waals surface area (Å²) in [5.41, 5.74) is 0.310. The number of nitrogens with one attached hydrogen (secondary N) is 1. The van der Waals surface area contributed by atoms with Crippen molar-refractivity contribution < 1.29 is 26.8 Å². The summed E-state index contributed by atoms with van der Waals surface area (Å²) in [6, 6.07) is 4.00. The zero-order valence-electron chi connectivity index (χ0n) is 15.1. The van der Waals surface area contributed by atoms with Crippen molar-refractivity contribution in [3.63, 3.8) is 0 Å². The van der Waals surface area contributed by atoms with Crippen LogP contribution in [0.4, 0.5) is 13.2 Å². The monoisotopic (exact) mass is 437 g/mol. The molecule has 0 amide bonds. The molecule has 0 bridgehead atoms. The fourth-order valence-electron chi connectivity index (χ4n) is 3.16. The van der Waals surface area contributed by atoms with E-state index in [1.165, 1.54) is 12.1 Å². The highest BCUT2D eigenvalue weighted by Crippen LogP contribution is 2.48. The maximum atomic E-state index is 14.6. The molecule has 1 fully saturated rings. The van der Waals surface area contributed by atoms with E-state index in [1.54, 1.807) is 6.92 Å². The van der Waals surface area contributed by atoms with Gasteiger partial charge < -0.3 is 9.05 Å². The van der Waals surface area contributed by atoms with Crippen LogP contribution in [0.25, 0.3) is 11.4 Å². The second-order valence-electron chi connectivity index (χ2n) is 6.59. The van der Waals surface area contributed by atoms with E-state index in [2.05, 4.69) is 19.8 Å². The van der Waals surface area contributed by atoms with E-state index in [-0.39, 0.29) is 35.8 Å². The molecule has 1 unspecified atom stereocenters. The van der Waals surface area contributed by atoms with Gasteiger partial charge in [0.15, 0.2) is 0 Å². The van der Waals surface area contributed by atoms with E-state index in [1.807, 2.05) is 0 Å². The molecule has 1 aliphatic carbocycles. The highest BCUT2D eigenvalue weighted by atomic mass is 35.5. The van der Waals surface area contributed by atoms with E-state index >= 15 is 0 Å². The smallest absolute Gasteiger partial charge is 0.331 e. The van der Waals surface area contributed by atoms with Crippen LogP contribution >= 0.6 is 19.1 Å². The van der Waals surface area contributed by atoms with Crippen molar-refractivity contribution in [3.05, 3.63) is 35.5 Å². The Balaban J connectivity index is 1.79. The predicted octanol–water partition coefficient (Wildman–Crippen LogP) is 5.43. The normalized spacial score (nSPS) is 17.8. The molecule has 1 atom stereocenters. The van der Waals surface area contributed by atoms with Crippen molar-refractivity contribution in [3.8, 4) is 11.4 Å². The number of nitrogens with zero attached hydrogens (tertiary/aromatic N) is 2. The number of halogens is 4. The summed E-state index contributed by atoms with van der Waals surface area (Å²) < 4.78 is 63.6. The minimum absolute atomic E-state index is 0.0923. The van der Waals surface area contributed by atoms with Crippen LogP contribution in [0.15, 0.2) is 22.7 Å². The lowest BCUT2D eigenvalue weighted by atomic mass is 10.1. The molecule has 0 aliphatic heterocycles. The van der Waals surface area contributed by atoms with Crippen LogP contribution in [0, 0.1) is 5.82 Å². The van der Waals surface area contributed by atoms with Crippen molar-refractivity contribution in [2.75, 3.05) is 6.61 Å². The first-order chi connectivity index (χ1) is 13.2. The Morgan fingerprint density at radius 3 is 2.68 bits per heavy atom. The number of hydrogen-bond donors (Lipinski definition) is 1. The number of aromatic nitrogens is 2. The molecule has 6 nitrogen and oxygen atoms in total. The molecule has 1 saturated carbocycles. The van der Waals surface area contributed by atoms with Crippen LogP contribution in [0.1, 0.15) is 44.1 Å². The van der Waals surface area contributed by atoms with Gasteiger partial charge in [0.2, 0.25) is 5.82 Å². The summed E-state index contributed by atoms with van der Waals surface area (Å²) in [7, 11) is -3.28. The summed E-state index contributed by atoms with van der Waals surface area (Å²) in [5.74, 6) is -1.97. The Hall–Kier alpha value is -1.41. The van der Waals surface area contributed by atoms with Crippen molar-refractivity contribution >= 4 is 19.1 Å². The van der Waals surface area contributed by atoms with Crippen LogP contribution in [0.3, 0.4) is 0 Å². The predicted molar refractivity (Wildman–Crippen MR) is 97.8 cm³/mol. The van der Waals surface area contributed by atoms with Gasteiger partial charge in [-0.2, -0.15) is 13.8 Å². The van der Waals surface area contributed by atoms with E-state index in [0.717, 1.165) is 31.7 Å². The van der Waals surface area contributed by atoms with E-state index in [9.17, 15) is 17.7 Å². The fraction of sp³-hybridized carbons (Fsp3) is 0.529. The topological polar surface area (TPSA) is 77.2 Å². The molecule has 154 valence electrons. The quantitative estimate of drug-likeness (QED) is 0.438. The average molecular weight is 438 g/mol. The van der Waals surface area contributed by atoms with Gasteiger partial charge in [0, 0.05) is 11.6 Å². The van der Waals surface area contributed by atoms with Crippen molar-refractivity contribution in [2.45, 2.75) is 50.2 Å². The van der Waals surface area contributed by atoms with Gasteiger partial charge in [-0.05, 0) is 43.0 Å². The molecule has 1 N–H and O–H groups in total. The first kappa shape index (κ1) is 21.3. The molecule has 1 aromatic heterocycles. The summed E-state index contributed by atoms with van der Waals surface area (Å²) in [4.78, 5) is 3.48. The minimum Gasteiger partial charge on any atom is -0.331 e. The number of hydrogen-bond acceptors (Lipinski definition) is 5. The lowest BCUT2D eigenvalue weighted by Crippen LogP contribution is -2.25. The summed E-state index contributed by atoms with van der Waals surface area (Å²) >= 11 is 4.83. The maximum Gasteiger partial charge on any atom is 0.400 e. The summed E-state index contributed by atoms with van der Waals surface area (Å²) in [6.07, 6.45) is 3.80. The molecule has 11 heteroatoms. The number of benzene rings is 1. The first-order valence-corrected chi connectivity index (χ1v) is 11.1. The molecule has 28 heavy (non-hydrogen) atoms. The Kier molecular flexibility index (Phi) is 6.49. The highest BCUT2D eigenvalue weighted by Gasteiger charge is 2.36. The lowest BCUT2D eigenvalue weighted by molar-refractivity contribution is 0.0551. The van der Waals surface area contributed by atoms with E-state index in [0.29, 0.717) is 0 Å². The van der Waals surface area contributed by atoms with Crippen molar-refractivity contribution in [1.82, 2.24) is 15.2 Å². The minimum atomic E-state index is -3.81. The van der Waals surface area contributed by atoms with Crippen LogP contribution in [0.2, 0.25) is 0 Å². The van der Waals surface area contributed by atoms with Gasteiger partial charge in [0.05, 0.1) is 12.8 Å². The molecular weight excluding hydrogens is 418 g/mol. The third kappa shape index (κ3) is 5.14. The zero-order chi connectivity index (χ0) is 20.4. The van der Waals surface area contributed by atoms with E-state index < -0.39 is 24.6 Å². The second kappa shape index (κ2) is 8.53. The molecule has 1 aliphatic rings. The van der Waals surface area contributed by atoms with Crippen molar-refractivity contribution in [2.24, 2.45) is 0 Å². The average Bonchev–Trinajstić information content (AvgIpc) is 3.28.